The maximum absolute atomic E-state index is 12.8. The lowest BCUT2D eigenvalue weighted by atomic mass is 10.2. The van der Waals surface area contributed by atoms with Crippen molar-refractivity contribution in [2.45, 2.75) is 13.5 Å². The van der Waals surface area contributed by atoms with Gasteiger partial charge in [0.15, 0.2) is 11.6 Å². The number of hydrogen-bond acceptors (Lipinski definition) is 2. The third-order valence-corrected chi connectivity index (χ3v) is 1.78. The van der Waals surface area contributed by atoms with Crippen molar-refractivity contribution in [3.8, 4) is 17.6 Å². The lowest BCUT2D eigenvalue weighted by Crippen LogP contribution is -2.13. The second-order valence-corrected chi connectivity index (χ2v) is 2.78. The molecule has 0 bridgehead atoms. The van der Waals surface area contributed by atoms with Gasteiger partial charge >= 0.3 is 0 Å². The van der Waals surface area contributed by atoms with E-state index in [0.29, 0.717) is 18.7 Å². The van der Waals surface area contributed by atoms with Crippen LogP contribution in [0.3, 0.4) is 0 Å². The van der Waals surface area contributed by atoms with Crippen LogP contribution >= 0.6 is 0 Å². The third-order valence-electron chi connectivity index (χ3n) is 1.78. The van der Waals surface area contributed by atoms with Gasteiger partial charge in [-0.05, 0) is 13.0 Å². The van der Waals surface area contributed by atoms with Crippen molar-refractivity contribution in [3.63, 3.8) is 0 Å². The van der Waals surface area contributed by atoms with Crippen LogP contribution in [0.25, 0.3) is 0 Å². The average molecular weight is 193 g/mol. The van der Waals surface area contributed by atoms with Crippen LogP contribution < -0.4 is 5.32 Å². The summed E-state index contributed by atoms with van der Waals surface area (Å²) in [6, 6.07) is 4.47. The lowest BCUT2D eigenvalue weighted by Gasteiger charge is -2.04. The zero-order chi connectivity index (χ0) is 10.4. The van der Waals surface area contributed by atoms with E-state index in [1.54, 1.807) is 19.1 Å². The molecule has 2 N–H and O–H groups in total. The Hall–Kier alpha value is -1.53. The highest BCUT2D eigenvalue weighted by Gasteiger charge is 2.04. The Kier molecular flexibility index (Phi) is 3.96. The topological polar surface area (TPSA) is 32.3 Å². The minimum Gasteiger partial charge on any atom is -0.505 e. The Morgan fingerprint density at radius 2 is 2.29 bits per heavy atom. The largest absolute Gasteiger partial charge is 0.505 e. The summed E-state index contributed by atoms with van der Waals surface area (Å²) in [7, 11) is 0. The van der Waals surface area contributed by atoms with Gasteiger partial charge in [0, 0.05) is 12.1 Å². The number of hydrogen-bond donors (Lipinski definition) is 2. The highest BCUT2D eigenvalue weighted by molar-refractivity contribution is 5.33. The first-order valence-electron chi connectivity index (χ1n) is 4.32. The number of phenolic OH excluding ortho intramolecular Hbond substituents is 1. The Bertz CT molecular complexity index is 365. The molecule has 1 rings (SSSR count). The zero-order valence-corrected chi connectivity index (χ0v) is 7.97. The molecule has 74 valence electrons. The maximum atomic E-state index is 12.8. The minimum absolute atomic E-state index is 0.288. The molecular weight excluding hydrogens is 181 g/mol. The fourth-order valence-corrected chi connectivity index (χ4v) is 1.05. The first kappa shape index (κ1) is 10.6. The van der Waals surface area contributed by atoms with Crippen LogP contribution in [-0.2, 0) is 6.54 Å². The van der Waals surface area contributed by atoms with Crippen LogP contribution in [0, 0.1) is 17.7 Å². The molecule has 0 aliphatic carbocycles. The van der Waals surface area contributed by atoms with Crippen molar-refractivity contribution in [3.05, 3.63) is 29.6 Å². The van der Waals surface area contributed by atoms with Gasteiger partial charge in [-0.2, -0.15) is 0 Å². The molecule has 0 aromatic heterocycles. The molecule has 2 nitrogen and oxygen atoms in total. The molecule has 0 aliphatic heterocycles. The molecule has 3 heteroatoms. The molecule has 0 amide bonds. The van der Waals surface area contributed by atoms with E-state index in [1.807, 2.05) is 0 Å². The van der Waals surface area contributed by atoms with Gasteiger partial charge in [-0.15, -0.1) is 5.92 Å². The molecule has 0 atom stereocenters. The second-order valence-electron chi connectivity index (χ2n) is 2.78. The van der Waals surface area contributed by atoms with Gasteiger partial charge in [-0.1, -0.05) is 18.1 Å². The van der Waals surface area contributed by atoms with Crippen LogP contribution in [0.15, 0.2) is 18.2 Å². The van der Waals surface area contributed by atoms with E-state index in [0.717, 1.165) is 0 Å². The summed E-state index contributed by atoms with van der Waals surface area (Å²) in [5.41, 5.74) is 0.544. The fourth-order valence-electron chi connectivity index (χ4n) is 1.05. The maximum Gasteiger partial charge on any atom is 0.165 e. The molecule has 0 aliphatic rings. The molecule has 0 spiro atoms. The quantitative estimate of drug-likeness (QED) is 0.565. The number of aromatic hydroxyl groups is 1. The van der Waals surface area contributed by atoms with Crippen molar-refractivity contribution in [2.75, 3.05) is 6.54 Å². The lowest BCUT2D eigenvalue weighted by molar-refractivity contribution is 0.424. The minimum atomic E-state index is -0.592. The van der Waals surface area contributed by atoms with E-state index in [9.17, 15) is 9.50 Å². The average Bonchev–Trinajstić information content (AvgIpc) is 2.19. The van der Waals surface area contributed by atoms with Crippen molar-refractivity contribution in [1.82, 2.24) is 5.32 Å². The molecule has 1 aromatic rings. The number of halogens is 1. The standard InChI is InChI=1S/C11H12FNO/c1-2-3-7-13-8-9-5-4-6-10(12)11(9)14/h4-6,13-14H,7-8H2,1H3. The number of benzene rings is 1. The summed E-state index contributed by atoms with van der Waals surface area (Å²) in [6.07, 6.45) is 0. The molecule has 14 heavy (non-hydrogen) atoms. The molecular formula is C11H12FNO. The predicted molar refractivity (Wildman–Crippen MR) is 53.2 cm³/mol. The normalized spacial score (nSPS) is 9.29. The Morgan fingerprint density at radius 3 is 3.00 bits per heavy atom. The van der Waals surface area contributed by atoms with E-state index in [1.165, 1.54) is 6.07 Å². The predicted octanol–water partition coefficient (Wildman–Crippen LogP) is 1.64. The first-order valence-corrected chi connectivity index (χ1v) is 4.32. The Morgan fingerprint density at radius 1 is 1.50 bits per heavy atom. The molecule has 0 saturated carbocycles. The van der Waals surface area contributed by atoms with Gasteiger partial charge in [0.25, 0.3) is 0 Å². The van der Waals surface area contributed by atoms with Gasteiger partial charge in [0.05, 0.1) is 6.54 Å². The number of nitrogens with one attached hydrogen (secondary N) is 1. The van der Waals surface area contributed by atoms with Crippen LogP contribution in [0.4, 0.5) is 4.39 Å². The highest BCUT2D eigenvalue weighted by Crippen LogP contribution is 2.19. The van der Waals surface area contributed by atoms with Crippen molar-refractivity contribution in [1.29, 1.82) is 0 Å². The van der Waals surface area contributed by atoms with E-state index in [-0.39, 0.29) is 5.75 Å². The van der Waals surface area contributed by atoms with Crippen LogP contribution in [0.1, 0.15) is 12.5 Å². The fraction of sp³-hybridized carbons (Fsp3) is 0.273. The summed E-state index contributed by atoms with van der Waals surface area (Å²) >= 11 is 0. The summed E-state index contributed by atoms with van der Waals surface area (Å²) < 4.78 is 12.8. The molecule has 0 fully saturated rings. The molecule has 0 saturated heterocycles. The zero-order valence-electron chi connectivity index (χ0n) is 7.97. The second kappa shape index (κ2) is 5.25. The molecule has 1 aromatic carbocycles. The number of para-hydroxylation sites is 1. The summed E-state index contributed by atoms with van der Waals surface area (Å²) in [5, 5.41) is 12.3. The molecule has 0 unspecified atom stereocenters. The third kappa shape index (κ3) is 2.75. The highest BCUT2D eigenvalue weighted by atomic mass is 19.1. The summed E-state index contributed by atoms with van der Waals surface area (Å²) in [5.74, 6) is 4.67. The van der Waals surface area contributed by atoms with E-state index in [4.69, 9.17) is 0 Å². The van der Waals surface area contributed by atoms with Gasteiger partial charge in [0.2, 0.25) is 0 Å². The van der Waals surface area contributed by atoms with Gasteiger partial charge < -0.3 is 10.4 Å². The summed E-state index contributed by atoms with van der Waals surface area (Å²) in [4.78, 5) is 0. The van der Waals surface area contributed by atoms with E-state index in [2.05, 4.69) is 17.2 Å². The monoisotopic (exact) mass is 193 g/mol. The Balaban J connectivity index is 2.57. The van der Waals surface area contributed by atoms with Crippen LogP contribution in [0.5, 0.6) is 5.75 Å². The van der Waals surface area contributed by atoms with Crippen LogP contribution in [0.2, 0.25) is 0 Å². The van der Waals surface area contributed by atoms with E-state index < -0.39 is 5.82 Å². The Labute approximate surface area is 82.8 Å². The van der Waals surface area contributed by atoms with Gasteiger partial charge in [0.1, 0.15) is 0 Å². The van der Waals surface area contributed by atoms with Crippen molar-refractivity contribution >= 4 is 0 Å². The van der Waals surface area contributed by atoms with Crippen LogP contribution in [-0.4, -0.2) is 11.7 Å². The number of rotatable bonds is 3. The molecule has 0 heterocycles. The number of phenols is 1. The molecule has 0 radical (unpaired) electrons. The summed E-state index contributed by atoms with van der Waals surface area (Å²) in [6.45, 7) is 2.70. The van der Waals surface area contributed by atoms with E-state index >= 15 is 0 Å². The van der Waals surface area contributed by atoms with Gasteiger partial charge in [-0.3, -0.25) is 0 Å². The van der Waals surface area contributed by atoms with Crippen molar-refractivity contribution < 1.29 is 9.50 Å². The first-order chi connectivity index (χ1) is 6.75. The SMILES string of the molecule is CC#CCNCc1cccc(F)c1O. The van der Waals surface area contributed by atoms with Gasteiger partial charge in [-0.25, -0.2) is 4.39 Å². The smallest absolute Gasteiger partial charge is 0.165 e. The van der Waals surface area contributed by atoms with Crippen molar-refractivity contribution in [2.24, 2.45) is 0 Å².